The van der Waals surface area contributed by atoms with Crippen molar-refractivity contribution in [2.24, 2.45) is 5.73 Å². The van der Waals surface area contributed by atoms with Crippen molar-refractivity contribution < 1.29 is 28.8 Å². The second-order valence-corrected chi connectivity index (χ2v) is 13.5. The van der Waals surface area contributed by atoms with Gasteiger partial charge in [-0.15, -0.1) is 0 Å². The molecule has 0 aliphatic carbocycles. The Bertz CT molecular complexity index is 2210. The molecule has 8 N–H and O–H groups in total. The van der Waals surface area contributed by atoms with E-state index in [-0.39, 0.29) is 30.9 Å². The third-order valence-corrected chi connectivity index (χ3v) is 9.38. The third-order valence-electron chi connectivity index (χ3n) is 9.38. The maximum Gasteiger partial charge on any atom is 0.405 e. The van der Waals surface area contributed by atoms with Gasteiger partial charge >= 0.3 is 6.09 Å². The average Bonchev–Trinajstić information content (AvgIpc) is 3.96. The number of aryl methyl sites for hydroxylation is 3. The SMILES string of the molecule is Cc1cc(O)cc(C)c1C[C@H](NC(=O)[C@@H](CCCn1ccnc1N)OC(N)=O)C(=O)N[C@@H](Cc1c[nH]cn1)c1nc(Cc2ccc(-c3ccccc3)cc2)no1. The van der Waals surface area contributed by atoms with Crippen LogP contribution in [-0.4, -0.2) is 64.8 Å². The topological polar surface area (TPSA) is 242 Å². The summed E-state index contributed by atoms with van der Waals surface area (Å²) in [7, 11) is 0. The zero-order valence-electron chi connectivity index (χ0n) is 31.0. The number of rotatable bonds is 17. The molecule has 0 bridgehead atoms. The van der Waals surface area contributed by atoms with Crippen molar-refractivity contribution in [1.29, 1.82) is 0 Å². The standard InChI is InChI=1S/C40H44N10O6/c1-24-17-30(51)18-25(2)31(24)21-32(46-37(53)34(55-40(42)54)9-6-15-50-16-14-44-39(50)41)36(52)47-33(20-29-22-43-23-45-29)38-48-35(49-56-38)19-26-10-12-28(13-11-26)27-7-4-3-5-8-27/h3-5,7-8,10-14,16-18,22-23,32-34,51H,6,9,15,19-21H2,1-2H3,(H2,41,44)(H2,42,54)(H,43,45)(H,46,53)(H,47,52)/t32-,33-,34+/m0/s1. The molecule has 3 aromatic heterocycles. The number of benzene rings is 3. The number of phenolic OH excluding ortho intramolecular Hbond substituents is 1. The first kappa shape index (κ1) is 38.7. The number of nitrogens with zero attached hydrogens (tertiary/aromatic N) is 5. The fourth-order valence-electron chi connectivity index (χ4n) is 6.52. The van der Waals surface area contributed by atoms with E-state index in [1.165, 1.54) is 6.33 Å². The highest BCUT2D eigenvalue weighted by atomic mass is 16.6. The van der Waals surface area contributed by atoms with Crippen molar-refractivity contribution in [3.8, 4) is 16.9 Å². The van der Waals surface area contributed by atoms with E-state index < -0.39 is 36.1 Å². The van der Waals surface area contributed by atoms with E-state index in [0.29, 0.717) is 48.0 Å². The molecular weight excluding hydrogens is 717 g/mol. The predicted molar refractivity (Wildman–Crippen MR) is 206 cm³/mol. The Morgan fingerprint density at radius 2 is 1.70 bits per heavy atom. The van der Waals surface area contributed by atoms with Crippen LogP contribution in [0.1, 0.15) is 58.5 Å². The number of nitrogens with two attached hydrogens (primary N) is 2. The molecule has 6 rings (SSSR count). The van der Waals surface area contributed by atoms with Gasteiger partial charge in [-0.2, -0.15) is 4.98 Å². The van der Waals surface area contributed by atoms with Gasteiger partial charge in [-0.05, 0) is 72.2 Å². The summed E-state index contributed by atoms with van der Waals surface area (Å²) >= 11 is 0. The molecule has 3 atom stereocenters. The molecule has 3 aromatic carbocycles. The number of phenols is 1. The number of imidazole rings is 2. The van der Waals surface area contributed by atoms with Crippen LogP contribution in [0.15, 0.2) is 96.2 Å². The number of anilines is 1. The molecule has 0 saturated heterocycles. The van der Waals surface area contributed by atoms with Gasteiger partial charge in [-0.25, -0.2) is 14.8 Å². The number of hydrogen-bond acceptors (Lipinski definition) is 11. The number of hydrogen-bond donors (Lipinski definition) is 6. The van der Waals surface area contributed by atoms with Gasteiger partial charge in [0.05, 0.1) is 12.0 Å². The lowest BCUT2D eigenvalue weighted by molar-refractivity contribution is -0.134. The second kappa shape index (κ2) is 17.9. The van der Waals surface area contributed by atoms with Crippen LogP contribution < -0.4 is 22.1 Å². The smallest absolute Gasteiger partial charge is 0.405 e. The van der Waals surface area contributed by atoms with Crippen molar-refractivity contribution in [2.45, 2.75) is 70.7 Å². The van der Waals surface area contributed by atoms with Gasteiger partial charge in [0, 0.05) is 44.4 Å². The van der Waals surface area contributed by atoms with Crippen LogP contribution in [0.25, 0.3) is 11.1 Å². The van der Waals surface area contributed by atoms with Crippen molar-refractivity contribution in [3.63, 3.8) is 0 Å². The molecule has 0 aliphatic heterocycles. The Morgan fingerprint density at radius 1 is 0.964 bits per heavy atom. The number of aromatic hydroxyl groups is 1. The number of H-pyrrole nitrogens is 1. The van der Waals surface area contributed by atoms with Crippen LogP contribution in [0.2, 0.25) is 0 Å². The highest BCUT2D eigenvalue weighted by molar-refractivity contribution is 5.90. The Kier molecular flexibility index (Phi) is 12.4. The number of aromatic amines is 1. The number of nitrogen functional groups attached to an aromatic ring is 1. The summed E-state index contributed by atoms with van der Waals surface area (Å²) in [6, 6.07) is 19.3. The van der Waals surface area contributed by atoms with E-state index in [1.807, 2.05) is 54.6 Å². The van der Waals surface area contributed by atoms with Gasteiger partial charge in [0.25, 0.3) is 5.91 Å². The largest absolute Gasteiger partial charge is 0.508 e. The van der Waals surface area contributed by atoms with Gasteiger partial charge < -0.3 is 46.0 Å². The summed E-state index contributed by atoms with van der Waals surface area (Å²) in [6.45, 7) is 4.00. The lowest BCUT2D eigenvalue weighted by atomic mass is 9.95. The molecule has 16 heteroatoms. The number of carbonyl (C=O) groups is 3. The number of primary amides is 1. The van der Waals surface area contributed by atoms with E-state index in [1.54, 1.807) is 49.1 Å². The van der Waals surface area contributed by atoms with Crippen LogP contribution in [0, 0.1) is 13.8 Å². The van der Waals surface area contributed by atoms with Gasteiger partial charge in [0.1, 0.15) is 17.8 Å². The predicted octanol–water partition coefficient (Wildman–Crippen LogP) is 4.22. The molecule has 16 nitrogen and oxygen atoms in total. The maximum atomic E-state index is 14.3. The molecule has 0 aliphatic rings. The Morgan fingerprint density at radius 3 is 2.36 bits per heavy atom. The van der Waals surface area contributed by atoms with Crippen molar-refractivity contribution in [2.75, 3.05) is 5.73 Å². The third kappa shape index (κ3) is 10.2. The zero-order valence-corrected chi connectivity index (χ0v) is 31.0. The number of ether oxygens (including phenoxy) is 1. The Labute approximate surface area is 322 Å². The van der Waals surface area contributed by atoms with Crippen molar-refractivity contribution >= 4 is 23.9 Å². The fourth-order valence-corrected chi connectivity index (χ4v) is 6.52. The maximum absolute atomic E-state index is 14.3. The molecule has 0 unspecified atom stereocenters. The second-order valence-electron chi connectivity index (χ2n) is 13.5. The monoisotopic (exact) mass is 760 g/mol. The number of amides is 3. The lowest BCUT2D eigenvalue weighted by Crippen LogP contribution is -2.52. The van der Waals surface area contributed by atoms with E-state index in [9.17, 15) is 19.5 Å². The molecular formula is C40H44N10O6. The molecule has 3 amide bonds. The molecule has 0 radical (unpaired) electrons. The molecule has 6 aromatic rings. The molecule has 290 valence electrons. The van der Waals surface area contributed by atoms with Crippen molar-refractivity contribution in [3.05, 3.63) is 131 Å². The summed E-state index contributed by atoms with van der Waals surface area (Å²) in [5, 5.41) is 20.2. The van der Waals surface area contributed by atoms with Crippen LogP contribution in [0.4, 0.5) is 10.7 Å². The number of aromatic nitrogens is 6. The zero-order chi connectivity index (χ0) is 39.6. The Balaban J connectivity index is 1.22. The molecule has 0 saturated carbocycles. The highest BCUT2D eigenvalue weighted by Gasteiger charge is 2.32. The minimum absolute atomic E-state index is 0.0353. The molecule has 0 spiro atoms. The summed E-state index contributed by atoms with van der Waals surface area (Å²) in [6.07, 6.45) is 5.06. The molecule has 56 heavy (non-hydrogen) atoms. The van der Waals surface area contributed by atoms with Gasteiger partial charge in [0.2, 0.25) is 11.8 Å². The van der Waals surface area contributed by atoms with Crippen LogP contribution >= 0.6 is 0 Å². The van der Waals surface area contributed by atoms with Crippen molar-refractivity contribution in [1.82, 2.24) is 40.3 Å². The summed E-state index contributed by atoms with van der Waals surface area (Å²) < 4.78 is 12.6. The number of nitrogens with one attached hydrogen (secondary N) is 3. The quantitative estimate of drug-likeness (QED) is 0.0769. The van der Waals surface area contributed by atoms with E-state index >= 15 is 0 Å². The van der Waals surface area contributed by atoms with Gasteiger partial charge in [0.15, 0.2) is 17.9 Å². The highest BCUT2D eigenvalue weighted by Crippen LogP contribution is 2.24. The summed E-state index contributed by atoms with van der Waals surface area (Å²) in [5.41, 5.74) is 17.2. The molecule has 0 fully saturated rings. The minimum Gasteiger partial charge on any atom is -0.508 e. The number of carbonyl (C=O) groups excluding carboxylic acids is 3. The Hall–Kier alpha value is -6.97. The average molecular weight is 761 g/mol. The molecule has 3 heterocycles. The van der Waals surface area contributed by atoms with Gasteiger partial charge in [-0.3, -0.25) is 9.59 Å². The minimum atomic E-state index is -1.31. The van der Waals surface area contributed by atoms with E-state index in [0.717, 1.165) is 22.3 Å². The summed E-state index contributed by atoms with van der Waals surface area (Å²) in [5.74, 6) is -0.371. The first-order valence-corrected chi connectivity index (χ1v) is 18.1. The van der Waals surface area contributed by atoms with E-state index in [2.05, 4.69) is 35.7 Å². The van der Waals surface area contributed by atoms with Crippen LogP contribution in [-0.2, 0) is 40.1 Å². The van der Waals surface area contributed by atoms with Crippen LogP contribution in [0.3, 0.4) is 0 Å². The van der Waals surface area contributed by atoms with Gasteiger partial charge in [-0.1, -0.05) is 59.8 Å². The lowest BCUT2D eigenvalue weighted by Gasteiger charge is -2.25. The first-order chi connectivity index (χ1) is 27.0. The fraction of sp³-hybridized carbons (Fsp3) is 0.275. The van der Waals surface area contributed by atoms with Crippen LogP contribution in [0.5, 0.6) is 5.75 Å². The summed E-state index contributed by atoms with van der Waals surface area (Å²) in [4.78, 5) is 55.9. The normalized spacial score (nSPS) is 12.8. The van der Waals surface area contributed by atoms with E-state index in [4.69, 9.17) is 20.7 Å². The first-order valence-electron chi connectivity index (χ1n) is 18.1.